The van der Waals surface area contributed by atoms with Crippen LogP contribution in [0.1, 0.15) is 87.7 Å². The number of hydrogen-bond acceptors (Lipinski definition) is 12. The van der Waals surface area contributed by atoms with Gasteiger partial charge in [-0.3, -0.25) is 28.7 Å². The van der Waals surface area contributed by atoms with E-state index in [1.54, 1.807) is 89.3 Å². The van der Waals surface area contributed by atoms with Crippen LogP contribution in [0.3, 0.4) is 0 Å². The van der Waals surface area contributed by atoms with Gasteiger partial charge in [0, 0.05) is 18.5 Å². The van der Waals surface area contributed by atoms with Crippen LogP contribution in [0.5, 0.6) is 17.2 Å². The number of halogens is 2. The van der Waals surface area contributed by atoms with Crippen molar-refractivity contribution in [3.63, 3.8) is 0 Å². The van der Waals surface area contributed by atoms with E-state index in [2.05, 4.69) is 19.6 Å². The third-order valence-electron chi connectivity index (χ3n) is 14.1. The van der Waals surface area contributed by atoms with Crippen LogP contribution < -0.4 is 19.9 Å². The molecule has 21 heteroatoms. The summed E-state index contributed by atoms with van der Waals surface area (Å²) in [7, 11) is 0. The summed E-state index contributed by atoms with van der Waals surface area (Å²) in [6.45, 7) is 26.2. The molecule has 0 bridgehead atoms. The smallest absolute Gasteiger partial charge is 0.309 e. The number of fused-ring (bicyclic) bond motifs is 1. The summed E-state index contributed by atoms with van der Waals surface area (Å²) in [5.74, 6) is -0.169. The van der Waals surface area contributed by atoms with Crippen molar-refractivity contribution in [3.05, 3.63) is 147 Å². The molecule has 19 nitrogen and oxygen atoms in total. The van der Waals surface area contributed by atoms with Gasteiger partial charge in [-0.2, -0.15) is 5.10 Å². The second-order valence-electron chi connectivity index (χ2n) is 19.8. The van der Waals surface area contributed by atoms with Crippen LogP contribution in [0.4, 0.5) is 21.5 Å². The standard InChI is InChI=1S/C26H23ClFN5O3.C14H15NO3.C12H11NO3.C7H12O3/c1-30-17-3-5-18(6-4-17)36-19-10-15(11-19)12-23(34)32-8-9-33-22(14-32)24(26(29)35)25(31-33)16-2-7-21(28)20(27)13-16;1-3-17-14(16)10-8-13(9-10)18-12-6-4-11(15-2)5-7-12;1-13-9-2-4-10(5-3-9)16-11-6-8(7-11)12(14)15;1-2-10-7(9)5-3-6(8)4-5/h2-7,13,15,19H,8-12,14H2,(H2,29,35);4-7,10,13H,3,8-9H2,1H3;2-5,8,11H,6-7H2,(H,14,15);5-6,8H,2-4H2,1H3. The number of primary amides is 1. The Bertz CT molecular complexity index is 3110. The first kappa shape index (κ1) is 59.2. The van der Waals surface area contributed by atoms with Gasteiger partial charge >= 0.3 is 17.9 Å². The number of hydrogen-bond donors (Lipinski definition) is 3. The van der Waals surface area contributed by atoms with Gasteiger partial charge in [-0.15, -0.1) is 0 Å². The van der Waals surface area contributed by atoms with Gasteiger partial charge in [0.2, 0.25) is 5.91 Å². The van der Waals surface area contributed by atoms with E-state index >= 15 is 0 Å². The van der Waals surface area contributed by atoms with E-state index in [-0.39, 0.29) is 83.1 Å². The quantitative estimate of drug-likeness (QED) is 0.0655. The molecule has 5 aromatic rings. The monoisotopic (exact) mass is 1110 g/mol. The van der Waals surface area contributed by atoms with Gasteiger partial charge in [0.05, 0.1) is 92.3 Å². The summed E-state index contributed by atoms with van der Waals surface area (Å²) in [5.41, 5.74) is 9.02. The van der Waals surface area contributed by atoms with Gasteiger partial charge in [-0.05, 0) is 126 Å². The Morgan fingerprint density at radius 3 is 1.54 bits per heavy atom. The average Bonchev–Trinajstić information content (AvgIpc) is 3.98. The van der Waals surface area contributed by atoms with E-state index in [9.17, 15) is 28.4 Å². The predicted octanol–water partition coefficient (Wildman–Crippen LogP) is 10.3. The van der Waals surface area contributed by atoms with Gasteiger partial charge in [0.15, 0.2) is 17.1 Å². The van der Waals surface area contributed by atoms with E-state index < -0.39 is 17.7 Å². The zero-order valence-corrected chi connectivity index (χ0v) is 44.9. The Labute approximate surface area is 467 Å². The molecule has 10 rings (SSSR count). The lowest BCUT2D eigenvalue weighted by Gasteiger charge is -2.37. The number of benzene rings is 4. The maximum atomic E-state index is 13.6. The zero-order chi connectivity index (χ0) is 57.5. The number of nitrogens with two attached hydrogens (primary N) is 1. The minimum absolute atomic E-state index is 0.000102. The molecule has 5 aliphatic rings. The number of ether oxygens (including phenoxy) is 5. The lowest BCUT2D eigenvalue weighted by Crippen LogP contribution is -2.42. The third kappa shape index (κ3) is 15.8. The number of esters is 2. The van der Waals surface area contributed by atoms with E-state index in [0.717, 1.165) is 24.3 Å². The lowest BCUT2D eigenvalue weighted by molar-refractivity contribution is -0.155. The molecule has 0 saturated heterocycles. The first-order valence-corrected chi connectivity index (χ1v) is 26.6. The molecule has 0 spiro atoms. The molecule has 4 fully saturated rings. The molecule has 4 saturated carbocycles. The Morgan fingerprint density at radius 1 is 0.675 bits per heavy atom. The zero-order valence-electron chi connectivity index (χ0n) is 44.2. The summed E-state index contributed by atoms with van der Waals surface area (Å²) < 4.78 is 42.2. The highest BCUT2D eigenvalue weighted by molar-refractivity contribution is 6.31. The highest BCUT2D eigenvalue weighted by Crippen LogP contribution is 2.37. The lowest BCUT2D eigenvalue weighted by atomic mass is 9.79. The van der Waals surface area contributed by atoms with E-state index in [4.69, 9.17) is 70.9 Å². The van der Waals surface area contributed by atoms with Crippen molar-refractivity contribution in [2.75, 3.05) is 19.8 Å². The molecule has 2 heterocycles. The molecule has 1 aromatic heterocycles. The van der Waals surface area contributed by atoms with Gasteiger partial charge in [-0.1, -0.05) is 48.0 Å². The summed E-state index contributed by atoms with van der Waals surface area (Å²) in [5, 5.41) is 22.0. The number of nitrogens with zero attached hydrogens (tertiary/aromatic N) is 6. The number of aliphatic hydroxyl groups is 1. The van der Waals surface area contributed by atoms with Crippen molar-refractivity contribution in [2.45, 2.75) is 109 Å². The molecule has 4 aromatic carbocycles. The molecular formula is C59H61ClFN7O12. The number of carbonyl (C=O) groups is 5. The summed E-state index contributed by atoms with van der Waals surface area (Å²) in [6.07, 6.45) is 5.55. The average molecular weight is 1110 g/mol. The molecule has 2 amide bonds. The number of carboxylic acids is 1. The molecule has 4 aliphatic carbocycles. The first-order chi connectivity index (χ1) is 38.5. The van der Waals surface area contributed by atoms with Crippen LogP contribution in [0, 0.1) is 49.2 Å². The molecule has 418 valence electrons. The number of carbonyl (C=O) groups excluding carboxylic acids is 4. The van der Waals surface area contributed by atoms with Crippen LogP contribution in [-0.4, -0.2) is 98.8 Å². The van der Waals surface area contributed by atoms with Crippen molar-refractivity contribution in [1.82, 2.24) is 14.7 Å². The largest absolute Gasteiger partial charge is 0.491 e. The van der Waals surface area contributed by atoms with E-state index in [1.807, 2.05) is 6.92 Å². The molecule has 0 radical (unpaired) electrons. The van der Waals surface area contributed by atoms with Gasteiger partial charge in [0.25, 0.3) is 5.91 Å². The molecule has 0 unspecified atom stereocenters. The van der Waals surface area contributed by atoms with Crippen molar-refractivity contribution >= 4 is 58.4 Å². The molecule has 80 heavy (non-hydrogen) atoms. The fraction of sp³-hybridized carbons (Fsp3) is 0.407. The topological polar surface area (TPSA) is 232 Å². The number of aliphatic hydroxyl groups excluding tert-OH is 1. The third-order valence-corrected chi connectivity index (χ3v) is 14.4. The summed E-state index contributed by atoms with van der Waals surface area (Å²) >= 11 is 5.92. The van der Waals surface area contributed by atoms with Crippen LogP contribution in [-0.2, 0) is 41.7 Å². The number of carboxylic acid groups (broad SMARTS) is 1. The Kier molecular flexibility index (Phi) is 20.6. The second kappa shape index (κ2) is 27.9. The maximum absolute atomic E-state index is 13.6. The Hall–Kier alpha value is -8.51. The molecule has 4 N–H and O–H groups in total. The second-order valence-corrected chi connectivity index (χ2v) is 20.2. The van der Waals surface area contributed by atoms with E-state index in [1.165, 1.54) is 18.2 Å². The molecule has 1 aliphatic heterocycles. The van der Waals surface area contributed by atoms with Crippen molar-refractivity contribution in [3.8, 4) is 28.5 Å². The van der Waals surface area contributed by atoms with Crippen LogP contribution in [0.25, 0.3) is 25.8 Å². The number of aliphatic carboxylic acids is 1. The normalized spacial score (nSPS) is 21.7. The highest BCUT2D eigenvalue weighted by atomic mass is 35.5. The van der Waals surface area contributed by atoms with Crippen LogP contribution >= 0.6 is 11.6 Å². The fourth-order valence-corrected chi connectivity index (χ4v) is 9.52. The Balaban J connectivity index is 0.000000175. The van der Waals surface area contributed by atoms with Crippen molar-refractivity contribution in [2.24, 2.45) is 29.4 Å². The van der Waals surface area contributed by atoms with Gasteiger partial charge < -0.3 is 44.5 Å². The van der Waals surface area contributed by atoms with Crippen LogP contribution in [0.2, 0.25) is 5.02 Å². The fourth-order valence-electron chi connectivity index (χ4n) is 9.34. The van der Waals surface area contributed by atoms with E-state index in [0.29, 0.717) is 111 Å². The minimum atomic E-state index is -0.747. The SMILES string of the molecule is CCOC(=O)C1CC(O)C1.[C-]#[N+]c1ccc(OC2CC(C(=O)O)C2)cc1.[C-]#[N+]c1ccc(OC2CC(C(=O)OCC)C2)cc1.[C-]#[N+]c1ccc(OC2CC(CC(=O)N3CCn4nc(-c5ccc(F)c(Cl)c5)c(C(N)=O)c4C3)C2)cc1. The van der Waals surface area contributed by atoms with Crippen molar-refractivity contribution < 1.29 is 62.3 Å². The Morgan fingerprint density at radius 2 is 1.12 bits per heavy atom. The minimum Gasteiger partial charge on any atom is -0.491 e. The summed E-state index contributed by atoms with van der Waals surface area (Å²) in [6, 6.07) is 25.0. The van der Waals surface area contributed by atoms with Crippen molar-refractivity contribution in [1.29, 1.82) is 0 Å². The maximum Gasteiger partial charge on any atom is 0.309 e. The molecule has 0 atom stereocenters. The highest BCUT2D eigenvalue weighted by Gasteiger charge is 2.39. The van der Waals surface area contributed by atoms with Gasteiger partial charge in [-0.25, -0.2) is 18.9 Å². The number of rotatable bonds is 15. The first-order valence-electron chi connectivity index (χ1n) is 26.3. The van der Waals surface area contributed by atoms with Gasteiger partial charge in [0.1, 0.15) is 41.0 Å². The van der Waals surface area contributed by atoms with Crippen LogP contribution in [0.15, 0.2) is 91.0 Å². The summed E-state index contributed by atoms with van der Waals surface area (Å²) in [4.78, 5) is 69.9. The number of aromatic nitrogens is 2. The number of amides is 2. The molecular weight excluding hydrogens is 1050 g/mol. The predicted molar refractivity (Wildman–Crippen MR) is 290 cm³/mol.